The molecule has 1 atom stereocenters. The van der Waals surface area contributed by atoms with Crippen LogP contribution in [0.4, 0.5) is 5.82 Å². The minimum Gasteiger partial charge on any atom is -0.333 e. The van der Waals surface area contributed by atoms with Gasteiger partial charge in [-0.1, -0.05) is 13.3 Å². The van der Waals surface area contributed by atoms with Gasteiger partial charge in [-0.15, -0.1) is 12.4 Å². The number of amides is 1. The molecule has 2 aromatic heterocycles. The number of H-pyrrole nitrogens is 1. The Balaban J connectivity index is 0.00000220. The molecule has 2 aromatic rings. The maximum absolute atomic E-state index is 12.1. The summed E-state index contributed by atoms with van der Waals surface area (Å²) in [5.74, 6) is 0.958. The summed E-state index contributed by atoms with van der Waals surface area (Å²) in [4.78, 5) is 16.3. The van der Waals surface area contributed by atoms with Crippen molar-refractivity contribution in [2.45, 2.75) is 32.2 Å². The van der Waals surface area contributed by atoms with Crippen molar-refractivity contribution in [3.63, 3.8) is 0 Å². The Kier molecular flexibility index (Phi) is 5.51. The van der Waals surface area contributed by atoms with Crippen LogP contribution in [0.5, 0.6) is 0 Å². The molecule has 2 heterocycles. The number of carbonyl (C=O) groups excluding carboxylic acids is 1. The second-order valence-electron chi connectivity index (χ2n) is 5.15. The van der Waals surface area contributed by atoms with Gasteiger partial charge in [-0.05, 0) is 13.3 Å². The highest BCUT2D eigenvalue weighted by Gasteiger charge is 2.27. The van der Waals surface area contributed by atoms with E-state index in [1.807, 2.05) is 24.7 Å². The van der Waals surface area contributed by atoms with E-state index in [-0.39, 0.29) is 18.3 Å². The number of aromatic nitrogens is 4. The average Bonchev–Trinajstić information content (AvgIpc) is 2.97. The van der Waals surface area contributed by atoms with Gasteiger partial charge in [-0.25, -0.2) is 4.98 Å². The highest BCUT2D eigenvalue weighted by molar-refractivity contribution is 5.97. The largest absolute Gasteiger partial charge is 0.333 e. The van der Waals surface area contributed by atoms with Crippen LogP contribution in [0.2, 0.25) is 0 Å². The van der Waals surface area contributed by atoms with Gasteiger partial charge in [0.05, 0.1) is 5.54 Å². The molecule has 0 aliphatic rings. The van der Waals surface area contributed by atoms with E-state index in [9.17, 15) is 4.79 Å². The van der Waals surface area contributed by atoms with Crippen LogP contribution in [-0.4, -0.2) is 31.2 Å². The van der Waals surface area contributed by atoms with Crippen molar-refractivity contribution in [1.29, 1.82) is 0 Å². The highest BCUT2D eigenvalue weighted by Crippen LogP contribution is 2.18. The molecule has 0 bridgehead atoms. The fraction of sp³-hybridized carbons (Fsp3) is 0.462. The van der Waals surface area contributed by atoms with Gasteiger partial charge in [0.2, 0.25) is 5.91 Å². The van der Waals surface area contributed by atoms with Crippen LogP contribution in [0.15, 0.2) is 18.5 Å². The molecular formula is C13H21ClN6O. The quantitative estimate of drug-likeness (QED) is 0.781. The second kappa shape index (κ2) is 6.73. The van der Waals surface area contributed by atoms with Gasteiger partial charge in [0.25, 0.3) is 0 Å². The van der Waals surface area contributed by atoms with Crippen LogP contribution in [0.25, 0.3) is 11.5 Å². The second-order valence-corrected chi connectivity index (χ2v) is 5.15. The average molecular weight is 313 g/mol. The van der Waals surface area contributed by atoms with E-state index >= 15 is 0 Å². The van der Waals surface area contributed by atoms with Crippen molar-refractivity contribution in [2.75, 3.05) is 5.32 Å². The lowest BCUT2D eigenvalue weighted by Crippen LogP contribution is -2.48. The first-order valence-corrected chi connectivity index (χ1v) is 6.57. The Hall–Kier alpha value is -1.86. The molecule has 7 nitrogen and oxygen atoms in total. The maximum atomic E-state index is 12.1. The number of carbonyl (C=O) groups is 1. The number of nitrogens with zero attached hydrogens (tertiary/aromatic N) is 3. The van der Waals surface area contributed by atoms with Gasteiger partial charge in [0.1, 0.15) is 5.69 Å². The summed E-state index contributed by atoms with van der Waals surface area (Å²) in [5.41, 5.74) is 5.82. The van der Waals surface area contributed by atoms with Gasteiger partial charge >= 0.3 is 0 Å². The van der Waals surface area contributed by atoms with Gasteiger partial charge in [-0.2, -0.15) is 5.10 Å². The smallest absolute Gasteiger partial charge is 0.245 e. The Bertz CT molecular complexity index is 603. The summed E-state index contributed by atoms with van der Waals surface area (Å²) in [6.07, 6.45) is 5.01. The maximum Gasteiger partial charge on any atom is 0.245 e. The van der Waals surface area contributed by atoms with Crippen molar-refractivity contribution >= 4 is 24.1 Å². The minimum atomic E-state index is -0.892. The molecule has 0 aromatic carbocycles. The molecule has 0 fully saturated rings. The normalized spacial score (nSPS) is 13.3. The molecule has 4 N–H and O–H groups in total. The van der Waals surface area contributed by atoms with Crippen molar-refractivity contribution in [3.05, 3.63) is 18.5 Å². The first-order valence-electron chi connectivity index (χ1n) is 6.57. The fourth-order valence-electron chi connectivity index (χ4n) is 2.02. The number of hydrogen-bond donors (Lipinski definition) is 3. The van der Waals surface area contributed by atoms with Crippen LogP contribution in [-0.2, 0) is 11.8 Å². The molecule has 21 heavy (non-hydrogen) atoms. The highest BCUT2D eigenvalue weighted by atomic mass is 35.5. The lowest BCUT2D eigenvalue weighted by atomic mass is 9.97. The molecule has 0 saturated heterocycles. The van der Waals surface area contributed by atoms with Gasteiger partial charge in [0.15, 0.2) is 11.6 Å². The van der Waals surface area contributed by atoms with E-state index in [0.29, 0.717) is 12.2 Å². The monoisotopic (exact) mass is 312 g/mol. The summed E-state index contributed by atoms with van der Waals surface area (Å²) >= 11 is 0. The van der Waals surface area contributed by atoms with Crippen LogP contribution in [0, 0.1) is 0 Å². The van der Waals surface area contributed by atoms with Crippen molar-refractivity contribution in [1.82, 2.24) is 19.7 Å². The fourth-order valence-corrected chi connectivity index (χ4v) is 2.02. The molecule has 116 valence electrons. The minimum absolute atomic E-state index is 0. The van der Waals surface area contributed by atoms with E-state index in [4.69, 9.17) is 5.73 Å². The van der Waals surface area contributed by atoms with Gasteiger partial charge < -0.3 is 15.6 Å². The number of anilines is 1. The van der Waals surface area contributed by atoms with Crippen molar-refractivity contribution in [2.24, 2.45) is 12.8 Å². The number of hydrogen-bond acceptors (Lipinski definition) is 4. The third-order valence-electron chi connectivity index (χ3n) is 3.17. The Labute approximate surface area is 129 Å². The summed E-state index contributed by atoms with van der Waals surface area (Å²) < 4.78 is 1.86. The molecule has 8 heteroatoms. The summed E-state index contributed by atoms with van der Waals surface area (Å²) in [5, 5.41) is 9.64. The Morgan fingerprint density at radius 2 is 2.29 bits per heavy atom. The summed E-state index contributed by atoms with van der Waals surface area (Å²) in [6, 6.07) is 1.74. The number of imidazole rings is 1. The lowest BCUT2D eigenvalue weighted by Gasteiger charge is -2.21. The molecule has 0 aliphatic carbocycles. The van der Waals surface area contributed by atoms with Crippen LogP contribution >= 0.6 is 12.4 Å². The molecule has 1 unspecified atom stereocenters. The first-order chi connectivity index (χ1) is 9.44. The number of halogens is 1. The Morgan fingerprint density at radius 3 is 2.86 bits per heavy atom. The lowest BCUT2D eigenvalue weighted by molar-refractivity contribution is -0.120. The molecule has 0 saturated carbocycles. The zero-order chi connectivity index (χ0) is 14.8. The number of nitrogens with two attached hydrogens (primary N) is 1. The van der Waals surface area contributed by atoms with Crippen LogP contribution in [0.3, 0.4) is 0 Å². The Morgan fingerprint density at radius 1 is 1.57 bits per heavy atom. The number of aromatic amines is 1. The van der Waals surface area contributed by atoms with Gasteiger partial charge in [-0.3, -0.25) is 9.89 Å². The topological polar surface area (TPSA) is 102 Å². The molecule has 2 rings (SSSR count). The van der Waals surface area contributed by atoms with Crippen LogP contribution < -0.4 is 11.1 Å². The van der Waals surface area contributed by atoms with E-state index in [1.165, 1.54) is 0 Å². The van der Waals surface area contributed by atoms with Crippen molar-refractivity contribution < 1.29 is 4.79 Å². The van der Waals surface area contributed by atoms with E-state index in [1.54, 1.807) is 19.2 Å². The number of aryl methyl sites for hydroxylation is 1. The zero-order valence-electron chi connectivity index (χ0n) is 12.4. The van der Waals surface area contributed by atoms with Gasteiger partial charge in [0, 0.05) is 25.5 Å². The van der Waals surface area contributed by atoms with Crippen LogP contribution in [0.1, 0.15) is 26.7 Å². The van der Waals surface area contributed by atoms with E-state index in [0.717, 1.165) is 17.9 Å². The SMILES string of the molecule is CCCC(C)(N)C(=O)Nc1cc(-c2nccn2C)[nH]n1.Cl. The third kappa shape index (κ3) is 3.83. The van der Waals surface area contributed by atoms with Crippen molar-refractivity contribution in [3.8, 4) is 11.5 Å². The molecule has 1 amide bonds. The summed E-state index contributed by atoms with van der Waals surface area (Å²) in [7, 11) is 1.89. The standard InChI is InChI=1S/C13H20N6O.ClH/c1-4-5-13(2,14)12(20)16-10-8-9(17-18-10)11-15-6-7-19(11)3;/h6-8H,4-5,14H2,1-3H3,(H2,16,17,18,20);1H. The third-order valence-corrected chi connectivity index (χ3v) is 3.17. The zero-order valence-corrected chi connectivity index (χ0v) is 13.2. The number of rotatable bonds is 5. The molecule has 0 aliphatic heterocycles. The number of nitrogens with one attached hydrogen (secondary N) is 2. The first kappa shape index (κ1) is 17.2. The molecule has 0 radical (unpaired) electrons. The molecular weight excluding hydrogens is 292 g/mol. The predicted molar refractivity (Wildman–Crippen MR) is 84.2 cm³/mol. The predicted octanol–water partition coefficient (Wildman–Crippen LogP) is 1.69. The van der Waals surface area contributed by atoms with E-state index < -0.39 is 5.54 Å². The van der Waals surface area contributed by atoms with E-state index in [2.05, 4.69) is 20.5 Å². The molecule has 0 spiro atoms. The summed E-state index contributed by atoms with van der Waals surface area (Å²) in [6.45, 7) is 3.71.